The topological polar surface area (TPSA) is 25.8 Å². The minimum absolute atomic E-state index is 0.485. The zero-order valence-electron chi connectivity index (χ0n) is 14.6. The maximum absolute atomic E-state index is 6.32. The Morgan fingerprint density at radius 3 is 2.42 bits per heavy atom. The molecule has 2 fully saturated rings. The third kappa shape index (κ3) is 2.93. The highest BCUT2D eigenvalue weighted by atomic mass is 35.5. The molecule has 0 spiro atoms. The molecule has 0 radical (unpaired) electrons. The molecule has 0 aliphatic heterocycles. The van der Waals surface area contributed by atoms with Crippen LogP contribution in [0.2, 0.25) is 5.15 Å². The molecule has 3 atom stereocenters. The van der Waals surface area contributed by atoms with E-state index in [1.165, 1.54) is 31.2 Å². The second-order valence-electron chi connectivity index (χ2n) is 7.67. The van der Waals surface area contributed by atoms with Crippen LogP contribution in [-0.2, 0) is 0 Å². The molecule has 0 amide bonds. The van der Waals surface area contributed by atoms with Crippen LogP contribution in [0.4, 0.5) is 0 Å². The molecular formula is C23H21ClN2. The molecule has 0 N–H and O–H groups in total. The quantitative estimate of drug-likeness (QED) is 0.507. The molecule has 2 aromatic carbocycles. The van der Waals surface area contributed by atoms with E-state index in [-0.39, 0.29) is 0 Å². The van der Waals surface area contributed by atoms with Crippen molar-refractivity contribution < 1.29 is 0 Å². The summed E-state index contributed by atoms with van der Waals surface area (Å²) in [7, 11) is 0. The standard InChI is InChI=1S/C23H21ClN2/c24-22-14-21(25-23(26-22)16-5-2-1-3-6-16)19-8-4-7-17(13-19)20-12-15-9-10-18(20)11-15/h1-8,13-15,18,20H,9-12H2. The number of hydrogen-bond acceptors (Lipinski definition) is 2. The molecule has 3 aromatic rings. The van der Waals surface area contributed by atoms with E-state index in [0.29, 0.717) is 11.0 Å². The third-order valence-corrected chi connectivity index (χ3v) is 6.27. The van der Waals surface area contributed by atoms with Crippen molar-refractivity contribution in [3.63, 3.8) is 0 Å². The summed E-state index contributed by atoms with van der Waals surface area (Å²) < 4.78 is 0. The van der Waals surface area contributed by atoms with Gasteiger partial charge < -0.3 is 0 Å². The van der Waals surface area contributed by atoms with Gasteiger partial charge in [-0.3, -0.25) is 0 Å². The molecule has 1 aromatic heterocycles. The highest BCUT2D eigenvalue weighted by molar-refractivity contribution is 6.29. The second-order valence-corrected chi connectivity index (χ2v) is 8.06. The van der Waals surface area contributed by atoms with Crippen LogP contribution in [0.1, 0.15) is 37.2 Å². The van der Waals surface area contributed by atoms with Crippen molar-refractivity contribution in [2.24, 2.45) is 11.8 Å². The zero-order chi connectivity index (χ0) is 17.5. The molecule has 26 heavy (non-hydrogen) atoms. The Morgan fingerprint density at radius 1 is 0.808 bits per heavy atom. The lowest BCUT2D eigenvalue weighted by Crippen LogP contribution is -2.08. The number of aromatic nitrogens is 2. The summed E-state index contributed by atoms with van der Waals surface area (Å²) in [5, 5.41) is 0.485. The highest BCUT2D eigenvalue weighted by Gasteiger charge is 2.40. The molecular weight excluding hydrogens is 340 g/mol. The first kappa shape index (κ1) is 16.0. The maximum atomic E-state index is 6.32. The van der Waals surface area contributed by atoms with Gasteiger partial charge in [0.1, 0.15) is 5.15 Å². The Hall–Kier alpha value is -2.19. The van der Waals surface area contributed by atoms with Gasteiger partial charge in [-0.15, -0.1) is 0 Å². The van der Waals surface area contributed by atoms with Crippen molar-refractivity contribution in [2.45, 2.75) is 31.6 Å². The molecule has 2 bridgehead atoms. The molecule has 1 heterocycles. The number of halogens is 1. The van der Waals surface area contributed by atoms with Crippen LogP contribution in [-0.4, -0.2) is 9.97 Å². The monoisotopic (exact) mass is 360 g/mol. The zero-order valence-corrected chi connectivity index (χ0v) is 15.4. The van der Waals surface area contributed by atoms with Crippen LogP contribution in [0.15, 0.2) is 60.7 Å². The number of rotatable bonds is 3. The minimum atomic E-state index is 0.485. The summed E-state index contributed by atoms with van der Waals surface area (Å²) in [5.41, 5.74) is 4.48. The Kier molecular flexibility index (Phi) is 4.01. The average molecular weight is 361 g/mol. The van der Waals surface area contributed by atoms with E-state index < -0.39 is 0 Å². The highest BCUT2D eigenvalue weighted by Crippen LogP contribution is 2.53. The Bertz CT molecular complexity index is 938. The van der Waals surface area contributed by atoms with E-state index in [1.807, 2.05) is 36.4 Å². The van der Waals surface area contributed by atoms with Gasteiger partial charge in [0.2, 0.25) is 0 Å². The van der Waals surface area contributed by atoms with Crippen molar-refractivity contribution in [3.05, 3.63) is 71.4 Å². The fourth-order valence-electron chi connectivity index (χ4n) is 4.86. The number of fused-ring (bicyclic) bond motifs is 2. The van der Waals surface area contributed by atoms with E-state index in [0.717, 1.165) is 34.6 Å². The molecule has 2 aliphatic rings. The van der Waals surface area contributed by atoms with Crippen molar-refractivity contribution >= 4 is 11.6 Å². The molecule has 3 heteroatoms. The number of nitrogens with zero attached hydrogens (tertiary/aromatic N) is 2. The second kappa shape index (κ2) is 6.51. The van der Waals surface area contributed by atoms with Crippen molar-refractivity contribution in [1.82, 2.24) is 9.97 Å². The Balaban J connectivity index is 1.52. The van der Waals surface area contributed by atoms with Crippen LogP contribution < -0.4 is 0 Å². The molecule has 0 saturated heterocycles. The van der Waals surface area contributed by atoms with Crippen LogP contribution in [0.3, 0.4) is 0 Å². The Labute approximate surface area is 159 Å². The van der Waals surface area contributed by atoms with Crippen LogP contribution in [0.25, 0.3) is 22.6 Å². The third-order valence-electron chi connectivity index (χ3n) is 6.08. The van der Waals surface area contributed by atoms with Gasteiger partial charge >= 0.3 is 0 Å². The minimum Gasteiger partial charge on any atom is -0.228 e. The van der Waals surface area contributed by atoms with E-state index in [2.05, 4.69) is 29.2 Å². The summed E-state index contributed by atoms with van der Waals surface area (Å²) in [6.45, 7) is 0. The smallest absolute Gasteiger partial charge is 0.161 e. The first-order valence-corrected chi connectivity index (χ1v) is 9.84. The predicted molar refractivity (Wildman–Crippen MR) is 106 cm³/mol. The number of hydrogen-bond donors (Lipinski definition) is 0. The van der Waals surface area contributed by atoms with E-state index in [4.69, 9.17) is 16.6 Å². The first-order chi connectivity index (χ1) is 12.8. The molecule has 130 valence electrons. The lowest BCUT2D eigenvalue weighted by atomic mass is 9.83. The van der Waals surface area contributed by atoms with Gasteiger partial charge in [-0.2, -0.15) is 0 Å². The summed E-state index contributed by atoms with van der Waals surface area (Å²) in [4.78, 5) is 9.21. The van der Waals surface area contributed by atoms with Crippen LogP contribution in [0.5, 0.6) is 0 Å². The largest absolute Gasteiger partial charge is 0.228 e. The van der Waals surface area contributed by atoms with Gasteiger partial charge in [0.15, 0.2) is 5.82 Å². The average Bonchev–Trinajstić information content (AvgIpc) is 3.32. The molecule has 3 unspecified atom stereocenters. The maximum Gasteiger partial charge on any atom is 0.161 e. The normalized spacial score (nSPS) is 24.1. The van der Waals surface area contributed by atoms with Gasteiger partial charge in [0.25, 0.3) is 0 Å². The van der Waals surface area contributed by atoms with E-state index in [1.54, 1.807) is 0 Å². The lowest BCUT2D eigenvalue weighted by molar-refractivity contribution is 0.420. The van der Waals surface area contributed by atoms with Crippen molar-refractivity contribution in [2.75, 3.05) is 0 Å². The predicted octanol–water partition coefficient (Wildman–Crippen LogP) is 6.37. The fraction of sp³-hybridized carbons (Fsp3) is 0.304. The molecule has 5 rings (SSSR count). The van der Waals surface area contributed by atoms with Crippen molar-refractivity contribution in [3.8, 4) is 22.6 Å². The van der Waals surface area contributed by atoms with Gasteiger partial charge in [0.05, 0.1) is 5.69 Å². The lowest BCUT2D eigenvalue weighted by Gasteiger charge is -2.22. The van der Waals surface area contributed by atoms with Gasteiger partial charge in [0, 0.05) is 17.2 Å². The number of benzene rings is 2. The van der Waals surface area contributed by atoms with Crippen LogP contribution >= 0.6 is 11.6 Å². The summed E-state index contributed by atoms with van der Waals surface area (Å²) >= 11 is 6.32. The van der Waals surface area contributed by atoms with Gasteiger partial charge in [-0.25, -0.2) is 9.97 Å². The molecule has 2 aliphatic carbocycles. The summed E-state index contributed by atoms with van der Waals surface area (Å²) in [6, 6.07) is 20.8. The fourth-order valence-corrected chi connectivity index (χ4v) is 5.05. The van der Waals surface area contributed by atoms with E-state index in [9.17, 15) is 0 Å². The Morgan fingerprint density at radius 2 is 1.65 bits per heavy atom. The van der Waals surface area contributed by atoms with E-state index >= 15 is 0 Å². The molecule has 2 saturated carbocycles. The SMILES string of the molecule is Clc1cc(-c2cccc(C3CC4CCC3C4)c2)nc(-c2ccccc2)n1. The summed E-state index contributed by atoms with van der Waals surface area (Å²) in [6.07, 6.45) is 5.61. The summed E-state index contributed by atoms with van der Waals surface area (Å²) in [5.74, 6) is 3.23. The first-order valence-electron chi connectivity index (χ1n) is 9.46. The van der Waals surface area contributed by atoms with Gasteiger partial charge in [-0.05, 0) is 48.6 Å². The van der Waals surface area contributed by atoms with Crippen molar-refractivity contribution in [1.29, 1.82) is 0 Å². The molecule has 2 nitrogen and oxygen atoms in total. The van der Waals surface area contributed by atoms with Crippen LogP contribution in [0, 0.1) is 11.8 Å². The van der Waals surface area contributed by atoms with Gasteiger partial charge in [-0.1, -0.05) is 66.6 Å².